The number of para-hydroxylation sites is 15. The van der Waals surface area contributed by atoms with E-state index in [2.05, 4.69) is 537 Å². The summed E-state index contributed by atoms with van der Waals surface area (Å²) in [5.41, 5.74) is 37.1. The Morgan fingerprint density at radius 3 is 0.846 bits per heavy atom. The maximum atomic E-state index is 6.01. The van der Waals surface area contributed by atoms with Gasteiger partial charge in [-0.2, -0.15) is 0 Å². The summed E-state index contributed by atoms with van der Waals surface area (Å²) in [4.78, 5) is 5.00. The molecule has 0 fully saturated rings. The molecule has 11 nitrogen and oxygen atoms in total. The van der Waals surface area contributed by atoms with Crippen molar-refractivity contribution in [1.82, 2.24) is 45.9 Å². The first-order valence-electron chi connectivity index (χ1n) is 49.0. The van der Waals surface area contributed by atoms with Gasteiger partial charge in [0, 0.05) is 144 Å². The fraction of sp³-hybridized carbons (Fsp3) is 0.0379. The maximum Gasteiger partial charge on any atom is 0.220 e. The second-order valence-corrected chi connectivity index (χ2v) is 37.7. The first-order chi connectivity index (χ1) is 70.5. The smallest absolute Gasteiger partial charge is 0.220 e. The minimum atomic E-state index is 0.927. The number of fused-ring (bicyclic) bond motifs is 29. The van der Waals surface area contributed by atoms with Crippen molar-refractivity contribution in [1.29, 1.82) is 0 Å². The summed E-state index contributed by atoms with van der Waals surface area (Å²) in [6, 6.07) is 171. The van der Waals surface area contributed by atoms with Crippen molar-refractivity contribution in [2.24, 2.45) is 7.05 Å². The molecule has 31 aromatic rings. The zero-order valence-corrected chi connectivity index (χ0v) is 79.5. The molecular formula is C132H94N10O. The van der Waals surface area contributed by atoms with Crippen LogP contribution in [0.5, 0.6) is 0 Å². The Hall–Kier alpha value is -18.7. The summed E-state index contributed by atoms with van der Waals surface area (Å²) in [6.07, 6.45) is 0. The van der Waals surface area contributed by atoms with Gasteiger partial charge in [0.25, 0.3) is 0 Å². The molecule has 678 valence electrons. The van der Waals surface area contributed by atoms with Crippen LogP contribution in [-0.2, 0) is 7.05 Å². The van der Waals surface area contributed by atoms with Gasteiger partial charge in [0.1, 0.15) is 11.2 Å². The monoisotopic (exact) mass is 1830 g/mol. The largest absolute Gasteiger partial charge is 0.456 e. The van der Waals surface area contributed by atoms with E-state index in [0.29, 0.717) is 0 Å². The van der Waals surface area contributed by atoms with Crippen LogP contribution in [0.2, 0.25) is 0 Å². The number of aryl methyl sites for hydroxylation is 5. The first-order valence-corrected chi connectivity index (χ1v) is 49.0. The van der Waals surface area contributed by atoms with E-state index in [0.717, 1.165) is 55.6 Å². The molecule has 0 aliphatic carbocycles. The maximum absolute atomic E-state index is 6.01. The number of rotatable bonds is 7. The van der Waals surface area contributed by atoms with Gasteiger partial charge < -0.3 is 36.4 Å². The van der Waals surface area contributed by atoms with Gasteiger partial charge in [-0.3, -0.25) is 8.97 Å². The van der Waals surface area contributed by atoms with E-state index in [9.17, 15) is 0 Å². The number of hydrogen-bond donors (Lipinski definition) is 0. The zero-order valence-electron chi connectivity index (χ0n) is 79.5. The Morgan fingerprint density at radius 2 is 0.420 bits per heavy atom. The Kier molecular flexibility index (Phi) is 19.8. The standard InChI is InChI=1S/2C31H22N2.C26H18N4.C25H17NO.C19H15N/c1-21-9-8-10-22(19-21)32-30-16-7-4-13-26(30)27-20-23(17-18-31(27)32)33-28-14-5-2-11-24(28)25-12-3-6-15-29(25)33;1-21-15-17-30-26(19-21)24-11-5-8-14-29(24)33(30)23-16-18-31-27(20-23)25-12-6-7-13-28(25)32(31)22-9-3-2-4-10-22;1-28-21-10-4-2-8-18(21)19-16-17(14-15-22(19)28)29-24-12-6-7-13-25(24)30-23-11-5-3-9-20(23)27-26(29)30;1-16-10-12-23-20(14-16)18-6-2-4-8-22(18)26(23)17-11-13-25-21(15-17)19-7-3-5-9-24(19)27-25;1-14-11-12-19-17(13-14)16-9-5-6-10-18(16)20(19)15-7-3-2-4-8-15/h2*2-20H,1H3;2-16H,1H3;2-15H,1H3;2-13H,1H3. The van der Waals surface area contributed by atoms with Crippen LogP contribution in [-0.4, -0.2) is 45.9 Å². The van der Waals surface area contributed by atoms with E-state index in [1.165, 1.54) is 209 Å². The minimum Gasteiger partial charge on any atom is -0.456 e. The van der Waals surface area contributed by atoms with Gasteiger partial charge in [-0.05, 0) is 258 Å². The third-order valence-electron chi connectivity index (χ3n) is 29.1. The van der Waals surface area contributed by atoms with Crippen molar-refractivity contribution in [3.05, 3.63) is 501 Å². The van der Waals surface area contributed by atoms with Crippen molar-refractivity contribution in [3.8, 4) is 39.8 Å². The predicted octanol–water partition coefficient (Wildman–Crippen LogP) is 34.5. The van der Waals surface area contributed by atoms with Crippen LogP contribution in [0.15, 0.2) is 484 Å². The summed E-state index contributed by atoms with van der Waals surface area (Å²) in [6.45, 7) is 8.61. The molecule has 0 bridgehead atoms. The SMILES string of the molecule is Cc1ccc2c(c1)c1ccccc1n2-c1ccc2c(c1)c1ccccc1n2-c1ccccc1.Cc1ccc2c(c1)c1ccccc1n2-c1ccc2oc3ccccc3c2c1.Cc1ccc2c(c1)c1ccccc1n2-c1ccccc1.Cc1cccc(-n2c3ccccc3c3cc(-n4c5ccccc5c5ccccc54)ccc32)c1.Cn1c2ccccc2c2cc(-n3c4ccccc4n4c5ccccc5nc34)ccc21. The van der Waals surface area contributed by atoms with Gasteiger partial charge >= 0.3 is 0 Å². The zero-order chi connectivity index (χ0) is 95.2. The highest BCUT2D eigenvalue weighted by molar-refractivity contribution is 6.17. The lowest BCUT2D eigenvalue weighted by Crippen LogP contribution is -1.96. The number of furan rings is 1. The van der Waals surface area contributed by atoms with E-state index < -0.39 is 0 Å². The van der Waals surface area contributed by atoms with Crippen LogP contribution < -0.4 is 0 Å². The van der Waals surface area contributed by atoms with Crippen molar-refractivity contribution in [2.75, 3.05) is 0 Å². The molecule has 0 aliphatic heterocycles. The number of benzene rings is 21. The van der Waals surface area contributed by atoms with Crippen molar-refractivity contribution >= 4 is 202 Å². The van der Waals surface area contributed by atoms with Crippen LogP contribution in [0.25, 0.3) is 242 Å². The lowest BCUT2D eigenvalue weighted by Gasteiger charge is -2.10. The molecule has 0 saturated carbocycles. The second-order valence-electron chi connectivity index (χ2n) is 37.7. The van der Waals surface area contributed by atoms with Crippen LogP contribution in [0.3, 0.4) is 0 Å². The van der Waals surface area contributed by atoms with E-state index in [-0.39, 0.29) is 0 Å². The van der Waals surface area contributed by atoms with Gasteiger partial charge in [-0.15, -0.1) is 0 Å². The Bertz CT molecular complexity index is 10500. The number of aromatic nitrogens is 10. The van der Waals surface area contributed by atoms with E-state index in [4.69, 9.17) is 9.40 Å². The molecule has 0 aliphatic rings. The Balaban J connectivity index is 0.0000000900. The third-order valence-corrected chi connectivity index (χ3v) is 29.1. The van der Waals surface area contributed by atoms with Crippen LogP contribution in [0.4, 0.5) is 0 Å². The van der Waals surface area contributed by atoms with Gasteiger partial charge in [-0.1, -0.05) is 271 Å². The quantitative estimate of drug-likeness (QED) is 0.160. The van der Waals surface area contributed by atoms with E-state index in [1.807, 2.05) is 18.2 Å². The van der Waals surface area contributed by atoms with Crippen molar-refractivity contribution < 1.29 is 4.42 Å². The molecule has 10 heterocycles. The highest BCUT2D eigenvalue weighted by Crippen LogP contribution is 2.44. The van der Waals surface area contributed by atoms with Crippen LogP contribution >= 0.6 is 0 Å². The summed E-state index contributed by atoms with van der Waals surface area (Å²) >= 11 is 0. The van der Waals surface area contributed by atoms with Gasteiger partial charge in [0.15, 0.2) is 0 Å². The number of nitrogens with zero attached hydrogens (tertiary/aromatic N) is 10. The number of hydrogen-bond acceptors (Lipinski definition) is 2. The molecule has 21 aromatic carbocycles. The summed E-state index contributed by atoms with van der Waals surface area (Å²) in [5.74, 6) is 0.942. The number of imidazole rings is 2. The van der Waals surface area contributed by atoms with Gasteiger partial charge in [-0.25, -0.2) is 4.98 Å². The van der Waals surface area contributed by atoms with Gasteiger partial charge in [0.2, 0.25) is 5.78 Å². The molecule has 31 rings (SSSR count). The fourth-order valence-electron chi connectivity index (χ4n) is 22.7. The lowest BCUT2D eigenvalue weighted by atomic mass is 10.1. The third kappa shape index (κ3) is 13.7. The van der Waals surface area contributed by atoms with Crippen LogP contribution in [0, 0.1) is 27.7 Å². The Morgan fingerprint density at radius 1 is 0.161 bits per heavy atom. The normalized spacial score (nSPS) is 11.8. The second kappa shape index (κ2) is 33.9. The van der Waals surface area contributed by atoms with E-state index in [1.54, 1.807) is 0 Å². The first kappa shape index (κ1) is 83.6. The summed E-state index contributed by atoms with van der Waals surface area (Å²) < 4.78 is 27.0. The highest BCUT2D eigenvalue weighted by Gasteiger charge is 2.24. The van der Waals surface area contributed by atoms with Gasteiger partial charge in [0.05, 0.1) is 88.3 Å². The molecule has 0 unspecified atom stereocenters. The predicted molar refractivity (Wildman–Crippen MR) is 602 cm³/mol. The molecule has 0 saturated heterocycles. The summed E-state index contributed by atoms with van der Waals surface area (Å²) in [5, 5.41) is 20.3. The molecule has 0 spiro atoms. The Labute approximate surface area is 823 Å². The highest BCUT2D eigenvalue weighted by atomic mass is 16.3. The van der Waals surface area contributed by atoms with Crippen molar-refractivity contribution in [3.63, 3.8) is 0 Å². The molecular weight excluding hydrogens is 1740 g/mol. The average Bonchev–Trinajstić information content (AvgIpc) is 1.49. The summed E-state index contributed by atoms with van der Waals surface area (Å²) in [7, 11) is 2.13. The van der Waals surface area contributed by atoms with Crippen molar-refractivity contribution in [2.45, 2.75) is 27.7 Å². The molecule has 11 heteroatoms. The van der Waals surface area contributed by atoms with E-state index >= 15 is 0 Å². The molecule has 0 amide bonds. The average molecular weight is 1840 g/mol. The molecule has 0 N–H and O–H groups in total. The molecule has 10 aromatic heterocycles. The topological polar surface area (TPSA) is 69.9 Å². The molecule has 0 atom stereocenters. The molecule has 0 radical (unpaired) electrons. The fourth-order valence-corrected chi connectivity index (χ4v) is 22.7. The molecule has 143 heavy (non-hydrogen) atoms. The van der Waals surface area contributed by atoms with Crippen LogP contribution in [0.1, 0.15) is 22.3 Å². The minimum absolute atomic E-state index is 0.927. The lowest BCUT2D eigenvalue weighted by molar-refractivity contribution is 0.669.